The van der Waals surface area contributed by atoms with Gasteiger partial charge in [-0.05, 0) is 0 Å². The van der Waals surface area contributed by atoms with Crippen molar-refractivity contribution in [2.24, 2.45) is 0 Å². The zero-order valence-electron chi connectivity index (χ0n) is 2.64. The van der Waals surface area contributed by atoms with Crippen molar-refractivity contribution in [1.82, 2.24) is 0 Å². The summed E-state index contributed by atoms with van der Waals surface area (Å²) < 4.78 is 0. The van der Waals surface area contributed by atoms with Crippen molar-refractivity contribution < 1.29 is 0 Å². The van der Waals surface area contributed by atoms with E-state index in [4.69, 9.17) is 0 Å². The van der Waals surface area contributed by atoms with E-state index < -0.39 is 0 Å². The van der Waals surface area contributed by atoms with Gasteiger partial charge < -0.3 is 0 Å². The molecule has 26 valence electrons. The van der Waals surface area contributed by atoms with E-state index in [1.807, 2.05) is 0 Å². The number of hydrogen-bond donors (Lipinski definition) is 0. The number of hydrogen-bond acceptors (Lipinski definition) is 0. The molecule has 5 heteroatoms. The summed E-state index contributed by atoms with van der Waals surface area (Å²) in [6.07, 6.45) is 0. The quantitative estimate of drug-likeness (QED) is 0.425. The van der Waals surface area contributed by atoms with Crippen LogP contribution in [0.5, 0.6) is 0 Å². The number of rotatable bonds is 0. The Bertz CT molecular complexity index is 16.5. The summed E-state index contributed by atoms with van der Waals surface area (Å²) in [6.45, 7) is 0. The van der Waals surface area contributed by atoms with Crippen LogP contribution in [0.2, 0.25) is 0 Å². The first-order valence-electron chi connectivity index (χ1n) is 1.32. The summed E-state index contributed by atoms with van der Waals surface area (Å²) in [7, 11) is 0. The fraction of sp³-hybridized carbons (Fsp3) is 0. The summed E-state index contributed by atoms with van der Waals surface area (Å²) in [5, 5.41) is 0. The minimum atomic E-state index is 1.12. The van der Waals surface area contributed by atoms with Crippen LogP contribution in [0.25, 0.3) is 0 Å². The minimum absolute atomic E-state index is 1.12. The Kier molecular flexibility index (Phi) is 2.70. The summed E-state index contributed by atoms with van der Waals surface area (Å²) in [4.78, 5) is 3.31. The molecular weight excluding hydrogens is 259 g/mol. The first-order valence-corrected chi connectivity index (χ1v) is 10.5. The van der Waals surface area contributed by atoms with Crippen molar-refractivity contribution in [1.29, 1.82) is 0 Å². The molecule has 1 saturated heterocycles. The average molecular weight is 261 g/mol. The van der Waals surface area contributed by atoms with Gasteiger partial charge in [-0.25, -0.2) is 0 Å². The van der Waals surface area contributed by atoms with Crippen LogP contribution >= 0.6 is 0 Å². The van der Waals surface area contributed by atoms with Crippen LogP contribution < -0.4 is 0 Å². The van der Waals surface area contributed by atoms with Gasteiger partial charge in [0.25, 0.3) is 0 Å². The summed E-state index contributed by atoms with van der Waals surface area (Å²) >= 11 is 3.44. The molecule has 0 radical (unpaired) electrons. The van der Waals surface area contributed by atoms with Gasteiger partial charge in [0.05, 0.1) is 0 Å². The molecule has 0 nitrogen and oxygen atoms in total. The van der Waals surface area contributed by atoms with Crippen molar-refractivity contribution in [3.63, 3.8) is 0 Å². The molecule has 1 aliphatic rings. The molecule has 1 aliphatic heterocycles. The van der Waals surface area contributed by atoms with E-state index in [0.29, 0.717) is 0 Å². The Morgan fingerprint density at radius 1 is 1.00 bits per heavy atom. The van der Waals surface area contributed by atoms with Crippen LogP contribution in [0.3, 0.4) is 0 Å². The summed E-state index contributed by atoms with van der Waals surface area (Å²) in [6, 6.07) is 0. The Morgan fingerprint density at radius 2 is 1.60 bits per heavy atom. The third-order valence-electron chi connectivity index (χ3n) is 0.346. The topological polar surface area (TPSA) is 0 Å². The van der Waals surface area contributed by atoms with E-state index in [1.165, 1.54) is 0 Å². The molecule has 0 spiro atoms. The van der Waals surface area contributed by atoms with Crippen LogP contribution in [0.4, 0.5) is 0 Å². The molecule has 0 aromatic rings. The van der Waals surface area contributed by atoms with E-state index in [2.05, 4.69) is 0 Å². The van der Waals surface area contributed by atoms with Gasteiger partial charge in [-0.1, -0.05) is 0 Å². The van der Waals surface area contributed by atoms with Gasteiger partial charge in [-0.3, -0.25) is 0 Å². The van der Waals surface area contributed by atoms with E-state index in [1.54, 1.807) is 9.81 Å². The predicted octanol–water partition coefficient (Wildman–Crippen LogP) is -2.44. The molecule has 1 rings (SSSR count). The predicted molar refractivity (Wildman–Crippen MR) is 31.6 cm³/mol. The van der Waals surface area contributed by atoms with Crippen LogP contribution in [0, 0.1) is 0 Å². The molecule has 0 unspecified atom stereocenters. The first kappa shape index (κ1) is 4.84. The zero-order valence-corrected chi connectivity index (χ0v) is 7.78. The van der Waals surface area contributed by atoms with E-state index >= 15 is 0 Å². The molecule has 0 amide bonds. The monoisotopic (exact) mass is 264 g/mol. The van der Waals surface area contributed by atoms with Gasteiger partial charge >= 0.3 is 50.3 Å². The Labute approximate surface area is 50.1 Å². The molecule has 0 N–H and O–H groups in total. The van der Waals surface area contributed by atoms with Gasteiger partial charge in [0.1, 0.15) is 0 Å². The molecule has 0 aromatic carbocycles. The first-order chi connectivity index (χ1) is 2.50. The fourth-order valence-corrected chi connectivity index (χ4v) is 23.9. The zero-order chi connectivity index (χ0) is 3.54. The van der Waals surface area contributed by atoms with Crippen molar-refractivity contribution >= 4 is 50.3 Å². The average Bonchev–Trinajstić information content (AvgIpc) is 1.76. The SMILES string of the molecule is B1[Se]B[Se][Se]1. The van der Waals surface area contributed by atoms with Crippen molar-refractivity contribution in [3.05, 3.63) is 0 Å². The molecule has 1 fully saturated rings. The van der Waals surface area contributed by atoms with Crippen LogP contribution in [-0.4, -0.2) is 50.3 Å². The van der Waals surface area contributed by atoms with E-state index in [-0.39, 0.29) is 0 Å². The van der Waals surface area contributed by atoms with E-state index in [9.17, 15) is 0 Å². The molecule has 5 heavy (non-hydrogen) atoms. The molecule has 0 saturated carbocycles. The maximum atomic E-state index is 1.65. The standard InChI is InChI=1S/B2H2Se3/c1-3-2-5-4-1/h1-2H. The second-order valence-electron chi connectivity index (χ2n) is 0.676. The van der Waals surface area contributed by atoms with Crippen molar-refractivity contribution in [3.8, 4) is 0 Å². The van der Waals surface area contributed by atoms with Gasteiger partial charge in [-0.2, -0.15) is 0 Å². The normalized spacial score (nSPS) is 20.8. The van der Waals surface area contributed by atoms with Gasteiger partial charge in [0.2, 0.25) is 0 Å². The molecule has 0 atom stereocenters. The van der Waals surface area contributed by atoms with Gasteiger partial charge in [-0.15, -0.1) is 0 Å². The third kappa shape index (κ3) is 1.73. The molecular formula is H2B2Se3. The van der Waals surface area contributed by atoms with Crippen molar-refractivity contribution in [2.75, 3.05) is 0 Å². The van der Waals surface area contributed by atoms with Crippen LogP contribution in [0.15, 0.2) is 0 Å². The molecule has 1 heterocycles. The maximum absolute atomic E-state index is 1.65. The van der Waals surface area contributed by atoms with Crippen LogP contribution in [0.1, 0.15) is 0 Å². The fourth-order valence-electron chi connectivity index (χ4n) is 0.170. The molecule has 0 bridgehead atoms. The Balaban J connectivity index is 2.08. The van der Waals surface area contributed by atoms with Crippen molar-refractivity contribution in [2.45, 2.75) is 0 Å². The van der Waals surface area contributed by atoms with Gasteiger partial charge in [0, 0.05) is 0 Å². The second kappa shape index (κ2) is 2.80. The Hall–Kier alpha value is 1.69. The summed E-state index contributed by atoms with van der Waals surface area (Å²) in [5.74, 6) is 0. The van der Waals surface area contributed by atoms with Crippen LogP contribution in [-0.2, 0) is 0 Å². The second-order valence-corrected chi connectivity index (χ2v) is 13.8. The third-order valence-corrected chi connectivity index (χ3v) is 20.2. The summed E-state index contributed by atoms with van der Waals surface area (Å²) in [5.41, 5.74) is 0. The molecule has 0 aliphatic carbocycles. The molecule has 0 aromatic heterocycles. The van der Waals surface area contributed by atoms with Gasteiger partial charge in [0.15, 0.2) is 0 Å². The van der Waals surface area contributed by atoms with E-state index in [0.717, 1.165) is 40.5 Å². The Morgan fingerprint density at radius 3 is 1.80 bits per heavy atom.